The van der Waals surface area contributed by atoms with Crippen molar-refractivity contribution in [2.45, 2.75) is 53.4 Å². The van der Waals surface area contributed by atoms with Gasteiger partial charge in [-0.05, 0) is 69.4 Å². The molecule has 0 aromatic carbocycles. The molecule has 20 heavy (non-hydrogen) atoms. The number of nitrogens with one attached hydrogen (secondary N) is 1. The molecule has 0 radical (unpaired) electrons. The molecular weight excluding hydrogens is 264 g/mol. The SMILES string of the molecule is CNCC1CCC(C(C)(C)C)CC1Cc1csc(C)n1. The van der Waals surface area contributed by atoms with Gasteiger partial charge in [0.05, 0.1) is 10.7 Å². The minimum atomic E-state index is 0.445. The molecule has 0 aliphatic heterocycles. The summed E-state index contributed by atoms with van der Waals surface area (Å²) >= 11 is 1.79. The molecule has 1 saturated carbocycles. The average molecular weight is 295 g/mol. The Labute approximate surface area is 128 Å². The van der Waals surface area contributed by atoms with Crippen LogP contribution >= 0.6 is 11.3 Å². The van der Waals surface area contributed by atoms with Crippen LogP contribution in [0.4, 0.5) is 0 Å². The van der Waals surface area contributed by atoms with E-state index in [4.69, 9.17) is 0 Å². The Morgan fingerprint density at radius 2 is 2.05 bits per heavy atom. The van der Waals surface area contributed by atoms with Crippen molar-refractivity contribution in [3.8, 4) is 0 Å². The minimum Gasteiger partial charge on any atom is -0.319 e. The Kier molecular flexibility index (Phi) is 5.25. The monoisotopic (exact) mass is 294 g/mol. The molecule has 0 saturated heterocycles. The topological polar surface area (TPSA) is 24.9 Å². The second-order valence-electron chi connectivity index (χ2n) is 7.52. The zero-order valence-electron chi connectivity index (χ0n) is 13.7. The molecule has 1 aromatic rings. The Bertz CT molecular complexity index is 419. The summed E-state index contributed by atoms with van der Waals surface area (Å²) in [5.41, 5.74) is 1.76. The Hall–Kier alpha value is -0.410. The molecule has 1 aliphatic carbocycles. The summed E-state index contributed by atoms with van der Waals surface area (Å²) < 4.78 is 0. The van der Waals surface area contributed by atoms with Crippen LogP contribution in [0.5, 0.6) is 0 Å². The maximum atomic E-state index is 4.68. The summed E-state index contributed by atoms with van der Waals surface area (Å²) in [7, 11) is 2.08. The first kappa shape index (κ1) is 16.0. The Morgan fingerprint density at radius 3 is 2.60 bits per heavy atom. The summed E-state index contributed by atoms with van der Waals surface area (Å²) in [6, 6.07) is 0. The van der Waals surface area contributed by atoms with Crippen LogP contribution < -0.4 is 5.32 Å². The fraction of sp³-hybridized carbons (Fsp3) is 0.824. The van der Waals surface area contributed by atoms with Gasteiger partial charge in [-0.3, -0.25) is 0 Å². The van der Waals surface area contributed by atoms with Gasteiger partial charge < -0.3 is 5.32 Å². The van der Waals surface area contributed by atoms with Gasteiger partial charge in [-0.25, -0.2) is 4.98 Å². The molecule has 0 spiro atoms. The number of nitrogens with zero attached hydrogens (tertiary/aromatic N) is 1. The van der Waals surface area contributed by atoms with Gasteiger partial charge in [0.15, 0.2) is 0 Å². The molecule has 1 fully saturated rings. The lowest BCUT2D eigenvalue weighted by atomic mass is 9.64. The fourth-order valence-electron chi connectivity index (χ4n) is 3.66. The summed E-state index contributed by atoms with van der Waals surface area (Å²) in [5, 5.41) is 6.85. The van der Waals surface area contributed by atoms with Crippen LogP contribution in [0.15, 0.2) is 5.38 Å². The lowest BCUT2D eigenvalue weighted by molar-refractivity contribution is 0.0976. The third-order valence-corrected chi connectivity index (χ3v) is 5.79. The summed E-state index contributed by atoms with van der Waals surface area (Å²) in [6.07, 6.45) is 5.30. The maximum absolute atomic E-state index is 4.68. The lowest BCUT2D eigenvalue weighted by Gasteiger charge is -2.42. The fourth-order valence-corrected chi connectivity index (χ4v) is 4.29. The molecule has 2 rings (SSSR count). The van der Waals surface area contributed by atoms with E-state index in [0.717, 1.165) is 24.3 Å². The third kappa shape index (κ3) is 4.05. The predicted molar refractivity (Wildman–Crippen MR) is 88.3 cm³/mol. The van der Waals surface area contributed by atoms with Crippen LogP contribution in [0.3, 0.4) is 0 Å². The van der Waals surface area contributed by atoms with Crippen molar-refractivity contribution in [1.29, 1.82) is 0 Å². The quantitative estimate of drug-likeness (QED) is 0.896. The number of rotatable bonds is 4. The van der Waals surface area contributed by atoms with Crippen molar-refractivity contribution in [2.75, 3.05) is 13.6 Å². The standard InChI is InChI=1S/C17H30N2S/c1-12-19-16(11-20-12)9-14-8-15(17(2,3)4)7-6-13(14)10-18-5/h11,13-15,18H,6-10H2,1-5H3. The molecule has 1 aliphatic rings. The molecule has 1 N–H and O–H groups in total. The van der Waals surface area contributed by atoms with Crippen LogP contribution in [0, 0.1) is 30.1 Å². The molecular formula is C17H30N2S. The van der Waals surface area contributed by atoms with Crippen molar-refractivity contribution >= 4 is 11.3 Å². The minimum absolute atomic E-state index is 0.445. The number of hydrogen-bond donors (Lipinski definition) is 1. The van der Waals surface area contributed by atoms with Crippen LogP contribution in [-0.4, -0.2) is 18.6 Å². The first-order chi connectivity index (χ1) is 9.40. The van der Waals surface area contributed by atoms with Crippen LogP contribution in [0.2, 0.25) is 0 Å². The third-order valence-electron chi connectivity index (χ3n) is 4.97. The highest BCUT2D eigenvalue weighted by molar-refractivity contribution is 7.09. The van der Waals surface area contributed by atoms with Gasteiger partial charge in [0.2, 0.25) is 0 Å². The van der Waals surface area contributed by atoms with Crippen molar-refractivity contribution < 1.29 is 0 Å². The first-order valence-corrected chi connectivity index (χ1v) is 8.83. The van der Waals surface area contributed by atoms with E-state index in [-0.39, 0.29) is 0 Å². The van der Waals surface area contributed by atoms with E-state index >= 15 is 0 Å². The van der Waals surface area contributed by atoms with Crippen LogP contribution in [0.1, 0.15) is 50.7 Å². The van der Waals surface area contributed by atoms with Gasteiger partial charge in [-0.1, -0.05) is 20.8 Å². The summed E-state index contributed by atoms with van der Waals surface area (Å²) in [6.45, 7) is 10.5. The smallest absolute Gasteiger partial charge is 0.0897 e. The van der Waals surface area contributed by atoms with Gasteiger partial charge in [-0.2, -0.15) is 0 Å². The van der Waals surface area contributed by atoms with E-state index in [9.17, 15) is 0 Å². The van der Waals surface area contributed by atoms with Crippen molar-refractivity contribution in [3.05, 3.63) is 16.1 Å². The molecule has 0 amide bonds. The van der Waals surface area contributed by atoms with Gasteiger partial charge in [0.1, 0.15) is 0 Å². The van der Waals surface area contributed by atoms with E-state index in [1.165, 1.54) is 36.4 Å². The second kappa shape index (κ2) is 6.57. The second-order valence-corrected chi connectivity index (χ2v) is 8.58. The van der Waals surface area contributed by atoms with Gasteiger partial charge in [0.25, 0.3) is 0 Å². The van der Waals surface area contributed by atoms with E-state index < -0.39 is 0 Å². The van der Waals surface area contributed by atoms with Gasteiger partial charge in [0, 0.05) is 5.38 Å². The highest BCUT2D eigenvalue weighted by Crippen LogP contribution is 2.43. The van der Waals surface area contributed by atoms with E-state index in [2.05, 4.69) is 50.4 Å². The van der Waals surface area contributed by atoms with Crippen molar-refractivity contribution in [2.24, 2.45) is 23.2 Å². The number of thiazole rings is 1. The average Bonchev–Trinajstić information content (AvgIpc) is 2.76. The van der Waals surface area contributed by atoms with Gasteiger partial charge in [-0.15, -0.1) is 11.3 Å². The Morgan fingerprint density at radius 1 is 1.30 bits per heavy atom. The predicted octanol–water partition coefficient (Wildman–Crippen LogP) is 4.29. The lowest BCUT2D eigenvalue weighted by Crippen LogP contribution is -2.36. The highest BCUT2D eigenvalue weighted by atomic mass is 32.1. The largest absolute Gasteiger partial charge is 0.319 e. The van der Waals surface area contributed by atoms with Crippen LogP contribution in [0.25, 0.3) is 0 Å². The first-order valence-electron chi connectivity index (χ1n) is 7.95. The maximum Gasteiger partial charge on any atom is 0.0897 e. The molecule has 3 unspecified atom stereocenters. The van der Waals surface area contributed by atoms with Crippen molar-refractivity contribution in [3.63, 3.8) is 0 Å². The molecule has 3 atom stereocenters. The molecule has 0 bridgehead atoms. The molecule has 2 nitrogen and oxygen atoms in total. The molecule has 3 heteroatoms. The number of aromatic nitrogens is 1. The molecule has 1 heterocycles. The number of aryl methyl sites for hydroxylation is 1. The summed E-state index contributed by atoms with van der Waals surface area (Å²) in [5.74, 6) is 2.47. The Balaban J connectivity index is 2.06. The summed E-state index contributed by atoms with van der Waals surface area (Å²) in [4.78, 5) is 4.68. The van der Waals surface area contributed by atoms with E-state index in [0.29, 0.717) is 5.41 Å². The molecule has 1 aromatic heterocycles. The van der Waals surface area contributed by atoms with Gasteiger partial charge >= 0.3 is 0 Å². The number of hydrogen-bond acceptors (Lipinski definition) is 3. The van der Waals surface area contributed by atoms with E-state index in [1.807, 2.05) is 0 Å². The van der Waals surface area contributed by atoms with Crippen LogP contribution in [-0.2, 0) is 6.42 Å². The normalized spacial score (nSPS) is 27.8. The zero-order valence-corrected chi connectivity index (χ0v) is 14.5. The zero-order chi connectivity index (χ0) is 14.8. The van der Waals surface area contributed by atoms with Crippen molar-refractivity contribution in [1.82, 2.24) is 10.3 Å². The molecule has 114 valence electrons. The highest BCUT2D eigenvalue weighted by Gasteiger charge is 2.35. The van der Waals surface area contributed by atoms with E-state index in [1.54, 1.807) is 11.3 Å².